The zero-order chi connectivity index (χ0) is 11.0. The van der Waals surface area contributed by atoms with E-state index in [2.05, 4.69) is 27.4 Å². The van der Waals surface area contributed by atoms with Gasteiger partial charge in [0.2, 0.25) is 5.95 Å². The zero-order valence-corrected chi connectivity index (χ0v) is 9.22. The Morgan fingerprint density at radius 3 is 2.81 bits per heavy atom. The van der Waals surface area contributed by atoms with Crippen LogP contribution in [0.2, 0.25) is 0 Å². The molecule has 0 radical (unpaired) electrons. The molecule has 3 rings (SSSR count). The highest BCUT2D eigenvalue weighted by Gasteiger charge is 2.35. The molecule has 1 N–H and O–H groups in total. The number of benzene rings is 1. The molecule has 4 heteroatoms. The molecule has 2 unspecified atom stereocenters. The van der Waals surface area contributed by atoms with Gasteiger partial charge in [-0.05, 0) is 24.5 Å². The van der Waals surface area contributed by atoms with Gasteiger partial charge < -0.3 is 5.32 Å². The normalized spacial score (nSPS) is 23.3. The van der Waals surface area contributed by atoms with E-state index in [9.17, 15) is 0 Å². The van der Waals surface area contributed by atoms with Crippen molar-refractivity contribution in [3.8, 4) is 0 Å². The largest absolute Gasteiger partial charge is 0.350 e. The van der Waals surface area contributed by atoms with Crippen LogP contribution in [0.1, 0.15) is 19.8 Å². The van der Waals surface area contributed by atoms with Crippen molar-refractivity contribution in [1.29, 1.82) is 0 Å². The lowest BCUT2D eigenvalue weighted by Gasteiger charge is -2.03. The number of aromatic nitrogens is 3. The molecule has 1 heterocycles. The van der Waals surface area contributed by atoms with E-state index in [1.54, 1.807) is 0 Å². The summed E-state index contributed by atoms with van der Waals surface area (Å²) in [5.41, 5.74) is 1.74. The second-order valence-corrected chi connectivity index (χ2v) is 4.28. The fourth-order valence-electron chi connectivity index (χ4n) is 1.98. The molecular weight excluding hydrogens is 200 g/mol. The Morgan fingerprint density at radius 2 is 2.06 bits per heavy atom. The van der Waals surface area contributed by atoms with Crippen LogP contribution >= 0.6 is 0 Å². The molecule has 1 saturated carbocycles. The van der Waals surface area contributed by atoms with Crippen LogP contribution in [0.5, 0.6) is 0 Å². The van der Waals surface area contributed by atoms with Crippen molar-refractivity contribution < 1.29 is 0 Å². The van der Waals surface area contributed by atoms with Gasteiger partial charge in [-0.3, -0.25) is 0 Å². The lowest BCUT2D eigenvalue weighted by Crippen LogP contribution is -2.08. The van der Waals surface area contributed by atoms with Crippen LogP contribution < -0.4 is 5.32 Å². The summed E-state index contributed by atoms with van der Waals surface area (Å²) in [6.07, 6.45) is 2.45. The van der Waals surface area contributed by atoms with Crippen LogP contribution in [-0.4, -0.2) is 21.2 Å². The predicted molar refractivity (Wildman–Crippen MR) is 63.1 cm³/mol. The van der Waals surface area contributed by atoms with Crippen molar-refractivity contribution in [2.24, 2.45) is 5.92 Å². The first-order valence-electron chi connectivity index (χ1n) is 5.73. The Kier molecular flexibility index (Phi) is 2.20. The van der Waals surface area contributed by atoms with Crippen LogP contribution in [0.3, 0.4) is 0 Å². The topological polar surface area (TPSA) is 50.7 Å². The van der Waals surface area contributed by atoms with Crippen molar-refractivity contribution >= 4 is 17.0 Å². The van der Waals surface area contributed by atoms with E-state index in [4.69, 9.17) is 0 Å². The van der Waals surface area contributed by atoms with Crippen LogP contribution in [0, 0.1) is 5.92 Å². The summed E-state index contributed by atoms with van der Waals surface area (Å²) in [6, 6.07) is 8.34. The van der Waals surface area contributed by atoms with E-state index in [1.165, 1.54) is 12.8 Å². The van der Waals surface area contributed by atoms with Gasteiger partial charge in [-0.15, -0.1) is 10.2 Å². The third-order valence-corrected chi connectivity index (χ3v) is 3.12. The molecule has 2 atom stereocenters. The monoisotopic (exact) mass is 214 g/mol. The van der Waals surface area contributed by atoms with E-state index < -0.39 is 0 Å². The number of nitrogens with zero attached hydrogens (tertiary/aromatic N) is 3. The number of rotatable bonds is 3. The Bertz CT molecular complexity index is 511. The molecule has 1 fully saturated rings. The van der Waals surface area contributed by atoms with E-state index in [0.717, 1.165) is 17.0 Å². The fourth-order valence-corrected chi connectivity index (χ4v) is 1.98. The number of nitrogens with one attached hydrogen (secondary N) is 1. The van der Waals surface area contributed by atoms with Gasteiger partial charge in [-0.2, -0.15) is 0 Å². The van der Waals surface area contributed by atoms with Crippen molar-refractivity contribution in [3.05, 3.63) is 24.3 Å². The SMILES string of the molecule is CCC1CC1Nc1nnc2ccccc2n1. The fraction of sp³-hybridized carbons (Fsp3) is 0.417. The number of hydrogen-bond donors (Lipinski definition) is 1. The summed E-state index contributed by atoms with van der Waals surface area (Å²) in [5, 5.41) is 11.5. The second-order valence-electron chi connectivity index (χ2n) is 4.28. The zero-order valence-electron chi connectivity index (χ0n) is 9.22. The maximum Gasteiger partial charge on any atom is 0.243 e. The lowest BCUT2D eigenvalue weighted by molar-refractivity contribution is 0.770. The first-order valence-corrected chi connectivity index (χ1v) is 5.73. The summed E-state index contributed by atoms with van der Waals surface area (Å²) in [4.78, 5) is 4.44. The third kappa shape index (κ3) is 1.71. The molecule has 1 aromatic carbocycles. The first-order chi connectivity index (χ1) is 7.86. The van der Waals surface area contributed by atoms with Gasteiger partial charge in [0.05, 0.1) is 5.52 Å². The number of fused-ring (bicyclic) bond motifs is 1. The van der Waals surface area contributed by atoms with Crippen LogP contribution in [0.4, 0.5) is 5.95 Å². The van der Waals surface area contributed by atoms with Crippen LogP contribution in [0.25, 0.3) is 11.0 Å². The summed E-state index contributed by atoms with van der Waals surface area (Å²) in [6.45, 7) is 2.21. The van der Waals surface area contributed by atoms with E-state index in [-0.39, 0.29) is 0 Å². The van der Waals surface area contributed by atoms with Gasteiger partial charge in [0.15, 0.2) is 0 Å². The standard InChI is InChI=1S/C12H14N4/c1-2-8-7-11(8)14-12-13-9-5-3-4-6-10(9)15-16-12/h3-6,8,11H,2,7H2,1H3,(H,13,14,16). The summed E-state index contributed by atoms with van der Waals surface area (Å²) >= 11 is 0. The minimum absolute atomic E-state index is 0.549. The average molecular weight is 214 g/mol. The molecule has 16 heavy (non-hydrogen) atoms. The molecule has 1 aliphatic carbocycles. The average Bonchev–Trinajstić information content (AvgIpc) is 3.07. The summed E-state index contributed by atoms with van der Waals surface area (Å²) in [5.74, 6) is 1.44. The quantitative estimate of drug-likeness (QED) is 0.851. The minimum atomic E-state index is 0.549. The highest BCUT2D eigenvalue weighted by atomic mass is 15.3. The van der Waals surface area contributed by atoms with Gasteiger partial charge in [-0.1, -0.05) is 25.5 Å². The van der Waals surface area contributed by atoms with Crippen molar-refractivity contribution in [2.45, 2.75) is 25.8 Å². The van der Waals surface area contributed by atoms with Gasteiger partial charge >= 0.3 is 0 Å². The van der Waals surface area contributed by atoms with Crippen molar-refractivity contribution in [2.75, 3.05) is 5.32 Å². The van der Waals surface area contributed by atoms with E-state index >= 15 is 0 Å². The second kappa shape index (κ2) is 3.70. The Morgan fingerprint density at radius 1 is 1.25 bits per heavy atom. The molecule has 0 amide bonds. The molecule has 82 valence electrons. The smallest absolute Gasteiger partial charge is 0.243 e. The molecule has 0 saturated heterocycles. The molecule has 4 nitrogen and oxygen atoms in total. The van der Waals surface area contributed by atoms with Gasteiger partial charge in [0, 0.05) is 6.04 Å². The lowest BCUT2D eigenvalue weighted by atomic mass is 10.3. The highest BCUT2D eigenvalue weighted by Crippen LogP contribution is 2.35. The molecule has 0 aliphatic heterocycles. The molecule has 1 aliphatic rings. The first kappa shape index (κ1) is 9.51. The van der Waals surface area contributed by atoms with Gasteiger partial charge in [0.25, 0.3) is 0 Å². The molecular formula is C12H14N4. The molecule has 0 bridgehead atoms. The third-order valence-electron chi connectivity index (χ3n) is 3.12. The Labute approximate surface area is 94.1 Å². The van der Waals surface area contributed by atoms with E-state index in [1.807, 2.05) is 24.3 Å². The van der Waals surface area contributed by atoms with Crippen molar-refractivity contribution in [3.63, 3.8) is 0 Å². The molecule has 2 aromatic rings. The molecule has 0 spiro atoms. The number of para-hydroxylation sites is 1. The Balaban J connectivity index is 1.83. The van der Waals surface area contributed by atoms with E-state index in [0.29, 0.717) is 12.0 Å². The van der Waals surface area contributed by atoms with Crippen LogP contribution in [-0.2, 0) is 0 Å². The number of anilines is 1. The predicted octanol–water partition coefficient (Wildman–Crippen LogP) is 2.24. The summed E-state index contributed by atoms with van der Waals surface area (Å²) in [7, 11) is 0. The maximum absolute atomic E-state index is 4.44. The minimum Gasteiger partial charge on any atom is -0.350 e. The van der Waals surface area contributed by atoms with Gasteiger partial charge in [0.1, 0.15) is 5.52 Å². The van der Waals surface area contributed by atoms with Gasteiger partial charge in [-0.25, -0.2) is 4.98 Å². The van der Waals surface area contributed by atoms with Crippen LogP contribution in [0.15, 0.2) is 24.3 Å². The Hall–Kier alpha value is -1.71. The molecule has 1 aromatic heterocycles. The van der Waals surface area contributed by atoms with Crippen molar-refractivity contribution in [1.82, 2.24) is 15.2 Å². The summed E-state index contributed by atoms with van der Waals surface area (Å²) < 4.78 is 0. The highest BCUT2D eigenvalue weighted by molar-refractivity contribution is 5.74. The number of hydrogen-bond acceptors (Lipinski definition) is 4. The maximum atomic E-state index is 4.44.